The maximum absolute atomic E-state index is 12.7. The number of carboxylic acid groups (broad SMARTS) is 1. The number of fused-ring (bicyclic) bond motifs is 1. The van der Waals surface area contributed by atoms with E-state index in [4.69, 9.17) is 9.47 Å². The van der Waals surface area contributed by atoms with Gasteiger partial charge in [0.05, 0.1) is 5.69 Å². The van der Waals surface area contributed by atoms with Gasteiger partial charge in [0.1, 0.15) is 24.0 Å². The predicted molar refractivity (Wildman–Crippen MR) is 106 cm³/mol. The van der Waals surface area contributed by atoms with E-state index in [9.17, 15) is 14.7 Å². The van der Waals surface area contributed by atoms with E-state index >= 15 is 0 Å². The molecule has 1 unspecified atom stereocenters. The standard InChI is InChI=1S/C22H25NO5/c1-14-10-16(27-13-15-8-6-5-7-9-15)11-18-17(14)12-19(20(24)25)23(18)21(26)28-22(2,3)4/h5-11,19H,12-13H2,1-4H3,(H,24,25). The average molecular weight is 383 g/mol. The van der Waals surface area contributed by atoms with E-state index in [1.807, 2.05) is 43.3 Å². The van der Waals surface area contributed by atoms with Crippen LogP contribution < -0.4 is 9.64 Å². The van der Waals surface area contributed by atoms with Gasteiger partial charge in [0.15, 0.2) is 0 Å². The SMILES string of the molecule is Cc1cc(OCc2ccccc2)cc2c1CC(C(=O)O)N2C(=O)OC(C)(C)C. The summed E-state index contributed by atoms with van der Waals surface area (Å²) in [6, 6.07) is 12.3. The molecule has 0 saturated carbocycles. The molecule has 6 heteroatoms. The third-order valence-electron chi connectivity index (χ3n) is 4.52. The van der Waals surface area contributed by atoms with Gasteiger partial charge >= 0.3 is 12.1 Å². The van der Waals surface area contributed by atoms with Gasteiger partial charge in [0, 0.05) is 12.5 Å². The molecule has 3 rings (SSSR count). The smallest absolute Gasteiger partial charge is 0.415 e. The minimum absolute atomic E-state index is 0.245. The predicted octanol–water partition coefficient (Wildman–Crippen LogP) is 4.32. The van der Waals surface area contributed by atoms with Crippen molar-refractivity contribution in [2.75, 3.05) is 4.90 Å². The summed E-state index contributed by atoms with van der Waals surface area (Å²) in [7, 11) is 0. The first-order chi connectivity index (χ1) is 13.2. The number of rotatable bonds is 4. The van der Waals surface area contributed by atoms with E-state index in [1.165, 1.54) is 4.90 Å². The van der Waals surface area contributed by atoms with Crippen LogP contribution in [-0.4, -0.2) is 28.8 Å². The fourth-order valence-electron chi connectivity index (χ4n) is 3.26. The Balaban J connectivity index is 1.91. The summed E-state index contributed by atoms with van der Waals surface area (Å²) in [4.78, 5) is 25.7. The van der Waals surface area contributed by atoms with Gasteiger partial charge in [-0.1, -0.05) is 30.3 Å². The van der Waals surface area contributed by atoms with E-state index in [1.54, 1.807) is 26.8 Å². The van der Waals surface area contributed by atoms with Crippen LogP contribution in [-0.2, 0) is 22.6 Å². The minimum Gasteiger partial charge on any atom is -0.489 e. The van der Waals surface area contributed by atoms with Crippen molar-refractivity contribution in [1.29, 1.82) is 0 Å². The quantitative estimate of drug-likeness (QED) is 0.851. The second-order valence-corrected chi connectivity index (χ2v) is 7.92. The number of nitrogens with zero attached hydrogens (tertiary/aromatic N) is 1. The molecule has 2 aromatic carbocycles. The van der Waals surface area contributed by atoms with Crippen LogP contribution in [0.4, 0.5) is 10.5 Å². The van der Waals surface area contributed by atoms with Gasteiger partial charge in [0.2, 0.25) is 0 Å². The maximum atomic E-state index is 12.7. The molecule has 1 aliphatic heterocycles. The van der Waals surface area contributed by atoms with Gasteiger partial charge in [-0.25, -0.2) is 9.59 Å². The Morgan fingerprint density at radius 2 is 1.86 bits per heavy atom. The molecule has 0 bridgehead atoms. The van der Waals surface area contributed by atoms with Gasteiger partial charge in [-0.15, -0.1) is 0 Å². The number of anilines is 1. The lowest BCUT2D eigenvalue weighted by molar-refractivity contribution is -0.138. The first kappa shape index (κ1) is 19.7. The Kier molecular flexibility index (Phi) is 5.31. The molecule has 1 heterocycles. The Hall–Kier alpha value is -3.02. The van der Waals surface area contributed by atoms with Gasteiger partial charge in [-0.05, 0) is 50.5 Å². The van der Waals surface area contributed by atoms with Crippen LogP contribution in [0.25, 0.3) is 0 Å². The largest absolute Gasteiger partial charge is 0.489 e. The summed E-state index contributed by atoms with van der Waals surface area (Å²) in [5.41, 5.74) is 2.54. The number of benzene rings is 2. The lowest BCUT2D eigenvalue weighted by Gasteiger charge is -2.27. The molecule has 0 saturated heterocycles. The number of aliphatic carboxylic acids is 1. The highest BCUT2D eigenvalue weighted by atomic mass is 16.6. The van der Waals surface area contributed by atoms with Crippen LogP contribution in [0.15, 0.2) is 42.5 Å². The highest BCUT2D eigenvalue weighted by Gasteiger charge is 2.41. The zero-order valence-corrected chi connectivity index (χ0v) is 16.6. The van der Waals surface area contributed by atoms with Gasteiger partial charge < -0.3 is 14.6 Å². The van der Waals surface area contributed by atoms with E-state index in [0.717, 1.165) is 16.7 Å². The number of carbonyl (C=O) groups excluding carboxylic acids is 1. The number of carbonyl (C=O) groups is 2. The average Bonchev–Trinajstić information content (AvgIpc) is 3.00. The van der Waals surface area contributed by atoms with Crippen molar-refractivity contribution >= 4 is 17.7 Å². The van der Waals surface area contributed by atoms with Crippen molar-refractivity contribution in [3.8, 4) is 5.75 Å². The molecular weight excluding hydrogens is 358 g/mol. The minimum atomic E-state index is -1.06. The van der Waals surface area contributed by atoms with E-state index in [-0.39, 0.29) is 6.42 Å². The van der Waals surface area contributed by atoms with Gasteiger partial charge in [0.25, 0.3) is 0 Å². The summed E-state index contributed by atoms with van der Waals surface area (Å²) in [6.45, 7) is 7.53. The molecule has 1 atom stereocenters. The molecule has 1 N–H and O–H groups in total. The number of ether oxygens (including phenoxy) is 2. The van der Waals surface area contributed by atoms with Crippen molar-refractivity contribution in [2.45, 2.75) is 52.4 Å². The second kappa shape index (κ2) is 7.54. The van der Waals surface area contributed by atoms with Crippen LogP contribution in [0.5, 0.6) is 5.75 Å². The molecule has 0 fully saturated rings. The number of amides is 1. The second-order valence-electron chi connectivity index (χ2n) is 7.92. The first-order valence-corrected chi connectivity index (χ1v) is 9.21. The Morgan fingerprint density at radius 1 is 1.18 bits per heavy atom. The summed E-state index contributed by atoms with van der Waals surface area (Å²) in [6.07, 6.45) is -0.424. The third kappa shape index (κ3) is 4.27. The first-order valence-electron chi connectivity index (χ1n) is 9.21. The highest BCUT2D eigenvalue weighted by Crippen LogP contribution is 2.39. The molecule has 1 aliphatic rings. The topological polar surface area (TPSA) is 76.1 Å². The van der Waals surface area contributed by atoms with Gasteiger partial charge in [-0.2, -0.15) is 0 Å². The van der Waals surface area contributed by atoms with Crippen molar-refractivity contribution in [2.24, 2.45) is 0 Å². The molecule has 2 aromatic rings. The van der Waals surface area contributed by atoms with Crippen LogP contribution in [0, 0.1) is 6.92 Å². The van der Waals surface area contributed by atoms with Crippen molar-refractivity contribution in [3.05, 3.63) is 59.2 Å². The Bertz CT molecular complexity index is 886. The molecule has 0 aliphatic carbocycles. The molecule has 6 nitrogen and oxygen atoms in total. The molecule has 0 radical (unpaired) electrons. The Morgan fingerprint density at radius 3 is 2.46 bits per heavy atom. The van der Waals surface area contributed by atoms with Crippen LogP contribution in [0.2, 0.25) is 0 Å². The Labute approximate surface area is 164 Å². The molecule has 1 amide bonds. The van der Waals surface area contributed by atoms with Crippen molar-refractivity contribution in [3.63, 3.8) is 0 Å². The molecule has 28 heavy (non-hydrogen) atoms. The van der Waals surface area contributed by atoms with Crippen LogP contribution in [0.1, 0.15) is 37.5 Å². The molecular formula is C22H25NO5. The number of hydrogen-bond acceptors (Lipinski definition) is 4. The summed E-state index contributed by atoms with van der Waals surface area (Å²) in [5.74, 6) is -0.479. The molecule has 0 aromatic heterocycles. The zero-order chi connectivity index (χ0) is 20.5. The highest BCUT2D eigenvalue weighted by molar-refractivity contribution is 5.99. The van der Waals surface area contributed by atoms with E-state index < -0.39 is 23.7 Å². The van der Waals surface area contributed by atoms with Crippen molar-refractivity contribution in [1.82, 2.24) is 0 Å². The van der Waals surface area contributed by atoms with Crippen LogP contribution in [0.3, 0.4) is 0 Å². The number of hydrogen-bond donors (Lipinski definition) is 1. The summed E-state index contributed by atoms with van der Waals surface area (Å²) >= 11 is 0. The fraction of sp³-hybridized carbons (Fsp3) is 0.364. The van der Waals surface area contributed by atoms with Crippen LogP contribution >= 0.6 is 0 Å². The van der Waals surface area contributed by atoms with E-state index in [2.05, 4.69) is 0 Å². The lowest BCUT2D eigenvalue weighted by Crippen LogP contribution is -2.45. The number of aryl methyl sites for hydroxylation is 1. The zero-order valence-electron chi connectivity index (χ0n) is 16.6. The number of carboxylic acids is 1. The monoisotopic (exact) mass is 383 g/mol. The van der Waals surface area contributed by atoms with Crippen molar-refractivity contribution < 1.29 is 24.2 Å². The molecule has 148 valence electrons. The van der Waals surface area contributed by atoms with E-state index in [0.29, 0.717) is 18.0 Å². The normalized spacial score (nSPS) is 15.9. The maximum Gasteiger partial charge on any atom is 0.415 e. The summed E-state index contributed by atoms with van der Waals surface area (Å²) < 4.78 is 11.3. The fourth-order valence-corrected chi connectivity index (χ4v) is 3.26. The third-order valence-corrected chi connectivity index (χ3v) is 4.52. The lowest BCUT2D eigenvalue weighted by atomic mass is 10.0. The molecule has 0 spiro atoms. The van der Waals surface area contributed by atoms with Gasteiger partial charge in [-0.3, -0.25) is 4.90 Å². The summed E-state index contributed by atoms with van der Waals surface area (Å²) in [5, 5.41) is 9.63.